The van der Waals surface area contributed by atoms with E-state index in [0.717, 1.165) is 0 Å². The van der Waals surface area contributed by atoms with E-state index >= 15 is 0 Å². The first kappa shape index (κ1) is 22.0. The second-order valence-electron chi connectivity index (χ2n) is 5.69. The smallest absolute Gasteiger partial charge is 0.271 e. The number of allylic oxidation sites excluding steroid dienone is 3. The second kappa shape index (κ2) is 9.77. The first-order chi connectivity index (χ1) is 13.8. The number of nitrogens with one attached hydrogen (secondary N) is 5. The molecule has 29 heavy (non-hydrogen) atoms. The van der Waals surface area contributed by atoms with Crippen LogP contribution in [0.25, 0.3) is 0 Å². The standard InChI is InChI=1S/C18H17BrClN7O2/c1-24-17(28)10-5-9(8-21)6-12(22)15(10)27-18(29)13(7-14(19)23)26-16-11(20)3-2-4-25-16/h2-7,16,23,25-26H,22H2,1H3,(H,24,28)(H,27,29)/b13-7-,23-14?. The highest BCUT2D eigenvalue weighted by Crippen LogP contribution is 2.26. The molecular weight excluding hydrogens is 462 g/mol. The lowest BCUT2D eigenvalue weighted by atomic mass is 10.1. The number of hydrogen-bond acceptors (Lipinski definition) is 7. The molecule has 0 saturated heterocycles. The number of nitrogens with two attached hydrogens (primary N) is 1. The maximum absolute atomic E-state index is 12.9. The van der Waals surface area contributed by atoms with Crippen LogP contribution in [0.5, 0.6) is 0 Å². The van der Waals surface area contributed by atoms with Crippen molar-refractivity contribution in [3.63, 3.8) is 0 Å². The predicted molar refractivity (Wildman–Crippen MR) is 115 cm³/mol. The maximum atomic E-state index is 12.9. The summed E-state index contributed by atoms with van der Waals surface area (Å²) in [6.45, 7) is 0. The molecule has 11 heteroatoms. The Balaban J connectivity index is 2.38. The van der Waals surface area contributed by atoms with Gasteiger partial charge in [-0.15, -0.1) is 0 Å². The summed E-state index contributed by atoms with van der Waals surface area (Å²) in [5, 5.41) is 27.9. The van der Waals surface area contributed by atoms with Crippen molar-refractivity contribution >= 4 is 55.3 Å². The van der Waals surface area contributed by atoms with Crippen LogP contribution in [0, 0.1) is 16.7 Å². The summed E-state index contributed by atoms with van der Waals surface area (Å²) in [6, 6.07) is 4.58. The molecule has 0 radical (unpaired) electrons. The van der Waals surface area contributed by atoms with Crippen molar-refractivity contribution in [2.45, 2.75) is 6.17 Å². The van der Waals surface area contributed by atoms with Crippen molar-refractivity contribution in [1.82, 2.24) is 16.0 Å². The summed E-state index contributed by atoms with van der Waals surface area (Å²) in [5.41, 5.74) is 6.23. The highest BCUT2D eigenvalue weighted by atomic mass is 79.9. The molecule has 0 saturated carbocycles. The van der Waals surface area contributed by atoms with Gasteiger partial charge in [0, 0.05) is 7.05 Å². The average molecular weight is 479 g/mol. The van der Waals surface area contributed by atoms with Crippen molar-refractivity contribution in [2.24, 2.45) is 0 Å². The van der Waals surface area contributed by atoms with E-state index in [-0.39, 0.29) is 32.8 Å². The monoisotopic (exact) mass is 477 g/mol. The van der Waals surface area contributed by atoms with Gasteiger partial charge in [0.25, 0.3) is 11.8 Å². The Bertz CT molecular complexity index is 995. The Morgan fingerprint density at radius 1 is 1.45 bits per heavy atom. The summed E-state index contributed by atoms with van der Waals surface area (Å²) in [6.07, 6.45) is 5.62. The zero-order chi connectivity index (χ0) is 21.6. The first-order valence-electron chi connectivity index (χ1n) is 8.14. The second-order valence-corrected chi connectivity index (χ2v) is 6.98. The zero-order valence-electron chi connectivity index (χ0n) is 15.1. The van der Waals surface area contributed by atoms with E-state index in [9.17, 15) is 9.59 Å². The fourth-order valence-corrected chi connectivity index (χ4v) is 2.82. The highest BCUT2D eigenvalue weighted by Gasteiger charge is 2.22. The zero-order valence-corrected chi connectivity index (χ0v) is 17.5. The Kier molecular flexibility index (Phi) is 7.41. The van der Waals surface area contributed by atoms with E-state index < -0.39 is 18.0 Å². The van der Waals surface area contributed by atoms with Crippen LogP contribution in [0.3, 0.4) is 0 Å². The van der Waals surface area contributed by atoms with Crippen LogP contribution in [-0.4, -0.2) is 29.6 Å². The van der Waals surface area contributed by atoms with Crippen LogP contribution in [0.1, 0.15) is 15.9 Å². The first-order valence-corrected chi connectivity index (χ1v) is 9.31. The third-order valence-electron chi connectivity index (χ3n) is 3.71. The van der Waals surface area contributed by atoms with E-state index in [1.807, 2.05) is 6.07 Å². The SMILES string of the molecule is CNC(=O)c1cc(C#N)cc(N)c1NC(=O)/C(=C/C(=N)Br)NC1NC=CC=C1Cl. The summed E-state index contributed by atoms with van der Waals surface area (Å²) in [5.74, 6) is -1.20. The molecule has 0 bridgehead atoms. The predicted octanol–water partition coefficient (Wildman–Crippen LogP) is 1.85. The molecule has 1 aromatic carbocycles. The van der Waals surface area contributed by atoms with Crippen LogP contribution in [-0.2, 0) is 4.79 Å². The van der Waals surface area contributed by atoms with Gasteiger partial charge in [-0.25, -0.2) is 0 Å². The fourth-order valence-electron chi connectivity index (χ4n) is 2.40. The molecule has 1 aliphatic rings. The molecule has 150 valence electrons. The van der Waals surface area contributed by atoms with E-state index in [2.05, 4.69) is 37.2 Å². The molecule has 0 spiro atoms. The Morgan fingerprint density at radius 2 is 2.17 bits per heavy atom. The number of nitrogen functional groups attached to an aromatic ring is 1. The number of halogens is 2. The van der Waals surface area contributed by atoms with E-state index in [1.165, 1.54) is 25.3 Å². The number of nitriles is 1. The van der Waals surface area contributed by atoms with Gasteiger partial charge >= 0.3 is 0 Å². The van der Waals surface area contributed by atoms with Crippen molar-refractivity contribution < 1.29 is 9.59 Å². The number of hydrogen-bond donors (Lipinski definition) is 6. The topological polar surface area (TPSA) is 156 Å². The number of carbonyl (C=O) groups is 2. The molecule has 1 unspecified atom stereocenters. The molecule has 0 aromatic heterocycles. The molecule has 0 aliphatic carbocycles. The lowest BCUT2D eigenvalue weighted by Gasteiger charge is -2.23. The number of amides is 2. The molecular formula is C18H17BrClN7O2. The summed E-state index contributed by atoms with van der Waals surface area (Å²) >= 11 is 9.10. The molecule has 1 aromatic rings. The Morgan fingerprint density at radius 3 is 2.76 bits per heavy atom. The van der Waals surface area contributed by atoms with Gasteiger partial charge in [-0.3, -0.25) is 15.0 Å². The minimum absolute atomic E-state index is 0.0159. The quantitative estimate of drug-likeness (QED) is 0.208. The number of carbonyl (C=O) groups excluding carboxylic acids is 2. The number of benzene rings is 1. The number of nitrogens with zero attached hydrogens (tertiary/aromatic N) is 1. The molecule has 1 heterocycles. The van der Waals surface area contributed by atoms with Gasteiger partial charge in [0.05, 0.1) is 38.2 Å². The number of dihydropyridines is 1. The van der Waals surface area contributed by atoms with Crippen LogP contribution in [0.4, 0.5) is 11.4 Å². The number of rotatable bonds is 6. The minimum Gasteiger partial charge on any atom is -0.397 e. The highest BCUT2D eigenvalue weighted by molar-refractivity contribution is 9.18. The van der Waals surface area contributed by atoms with Gasteiger partial charge in [0.1, 0.15) is 11.9 Å². The third-order valence-corrected chi connectivity index (χ3v) is 4.29. The molecule has 1 atom stereocenters. The molecule has 2 amide bonds. The van der Waals surface area contributed by atoms with Crippen molar-refractivity contribution in [1.29, 1.82) is 10.7 Å². The van der Waals surface area contributed by atoms with Gasteiger partial charge in [-0.2, -0.15) is 5.26 Å². The van der Waals surface area contributed by atoms with Gasteiger partial charge in [-0.05, 0) is 52.5 Å². The number of anilines is 2. The third kappa shape index (κ3) is 5.60. The minimum atomic E-state index is -0.670. The summed E-state index contributed by atoms with van der Waals surface area (Å²) in [4.78, 5) is 25.1. The average Bonchev–Trinajstić information content (AvgIpc) is 2.69. The normalized spacial score (nSPS) is 15.4. The van der Waals surface area contributed by atoms with Gasteiger partial charge in [0.15, 0.2) is 0 Å². The van der Waals surface area contributed by atoms with Crippen LogP contribution in [0.15, 0.2) is 47.3 Å². The Hall–Kier alpha value is -3.29. The molecule has 2 rings (SSSR count). The van der Waals surface area contributed by atoms with E-state index in [1.54, 1.807) is 18.4 Å². The van der Waals surface area contributed by atoms with E-state index in [0.29, 0.717) is 5.03 Å². The van der Waals surface area contributed by atoms with Crippen molar-refractivity contribution in [2.75, 3.05) is 18.1 Å². The van der Waals surface area contributed by atoms with Crippen molar-refractivity contribution in [3.05, 3.63) is 58.4 Å². The van der Waals surface area contributed by atoms with Gasteiger partial charge in [-0.1, -0.05) is 11.6 Å². The lowest BCUT2D eigenvalue weighted by molar-refractivity contribution is -0.113. The molecule has 0 fully saturated rings. The fraction of sp³-hybridized carbons (Fsp3) is 0.111. The maximum Gasteiger partial charge on any atom is 0.271 e. The molecule has 7 N–H and O–H groups in total. The van der Waals surface area contributed by atoms with Crippen LogP contribution >= 0.6 is 27.5 Å². The summed E-state index contributed by atoms with van der Waals surface area (Å²) < 4.78 is -0.0686. The van der Waals surface area contributed by atoms with Crippen LogP contribution in [0.2, 0.25) is 0 Å². The Labute approximate surface area is 180 Å². The molecule has 9 nitrogen and oxygen atoms in total. The van der Waals surface area contributed by atoms with Crippen LogP contribution < -0.4 is 27.0 Å². The largest absolute Gasteiger partial charge is 0.397 e. The van der Waals surface area contributed by atoms with Gasteiger partial charge in [0.2, 0.25) is 0 Å². The lowest BCUT2D eigenvalue weighted by Crippen LogP contribution is -2.43. The molecule has 1 aliphatic heterocycles. The van der Waals surface area contributed by atoms with E-state index in [4.69, 9.17) is 28.0 Å². The van der Waals surface area contributed by atoms with Gasteiger partial charge < -0.3 is 27.0 Å². The van der Waals surface area contributed by atoms with Crippen molar-refractivity contribution in [3.8, 4) is 6.07 Å². The summed E-state index contributed by atoms with van der Waals surface area (Å²) in [7, 11) is 1.42.